The van der Waals surface area contributed by atoms with Crippen LogP contribution in [0.5, 0.6) is 0 Å². The highest BCUT2D eigenvalue weighted by Gasteiger charge is 2.32. The van der Waals surface area contributed by atoms with Gasteiger partial charge in [0.05, 0.1) is 0 Å². The number of nitrogens with one attached hydrogen (secondary N) is 1. The van der Waals surface area contributed by atoms with Crippen molar-refractivity contribution < 1.29 is 10.0 Å². The molecule has 6 heteroatoms. The molecule has 0 aliphatic carbocycles. The molecule has 0 aromatic rings. The minimum Gasteiger partial charge on any atom is -0.409 e. The van der Waals surface area contributed by atoms with Crippen LogP contribution in [0.1, 0.15) is 41.5 Å². The zero-order valence-electron chi connectivity index (χ0n) is 12.9. The summed E-state index contributed by atoms with van der Waals surface area (Å²) in [6, 6.07) is 0.850. The zero-order chi connectivity index (χ0) is 15.2. The first-order valence-electron chi connectivity index (χ1n) is 6.66. The number of nitrogens with two attached hydrogens (primary N) is 1. The van der Waals surface area contributed by atoms with Crippen molar-refractivity contribution in [2.45, 2.75) is 53.6 Å². The predicted octanol–water partition coefficient (Wildman–Crippen LogP) is 0.994. The Labute approximate surface area is 116 Å². The van der Waals surface area contributed by atoms with Crippen LogP contribution in [-0.4, -0.2) is 47.0 Å². The largest absolute Gasteiger partial charge is 0.409 e. The van der Waals surface area contributed by atoms with E-state index in [9.17, 15) is 4.79 Å². The number of nitrogens with zero attached hydrogens (tertiary/aromatic N) is 2. The third-order valence-corrected chi connectivity index (χ3v) is 3.30. The summed E-state index contributed by atoms with van der Waals surface area (Å²) in [6.45, 7) is 13.1. The molecule has 0 aromatic carbocycles. The molecule has 1 amide bonds. The average molecular weight is 272 g/mol. The molecule has 0 heterocycles. The molecule has 0 saturated carbocycles. The van der Waals surface area contributed by atoms with Crippen molar-refractivity contribution in [1.82, 2.24) is 10.2 Å². The fourth-order valence-corrected chi connectivity index (χ4v) is 1.87. The van der Waals surface area contributed by atoms with Crippen molar-refractivity contribution in [2.75, 3.05) is 13.1 Å². The number of carbonyl (C=O) groups excluding carboxylic acids is 1. The van der Waals surface area contributed by atoms with Gasteiger partial charge in [-0.3, -0.25) is 9.69 Å². The molecule has 0 unspecified atom stereocenters. The Morgan fingerprint density at radius 2 is 1.79 bits per heavy atom. The van der Waals surface area contributed by atoms with E-state index in [0.717, 1.165) is 6.54 Å². The number of carbonyl (C=O) groups is 1. The molecule has 4 N–H and O–H groups in total. The summed E-state index contributed by atoms with van der Waals surface area (Å²) in [7, 11) is 0. The van der Waals surface area contributed by atoms with Crippen molar-refractivity contribution in [2.24, 2.45) is 16.3 Å². The Bertz CT molecular complexity index is 317. The normalized spacial score (nSPS) is 13.4. The summed E-state index contributed by atoms with van der Waals surface area (Å²) in [6.07, 6.45) is 0. The van der Waals surface area contributed by atoms with E-state index in [1.807, 2.05) is 0 Å². The van der Waals surface area contributed by atoms with Gasteiger partial charge in [-0.15, -0.1) is 0 Å². The third-order valence-electron chi connectivity index (χ3n) is 3.30. The second-order valence-electron chi connectivity index (χ2n) is 5.79. The van der Waals surface area contributed by atoms with E-state index in [-0.39, 0.29) is 11.7 Å². The lowest BCUT2D eigenvalue weighted by atomic mass is 9.91. The van der Waals surface area contributed by atoms with Crippen molar-refractivity contribution >= 4 is 11.7 Å². The number of hydrogen-bond donors (Lipinski definition) is 3. The lowest BCUT2D eigenvalue weighted by molar-refractivity contribution is -0.126. The fourth-order valence-electron chi connectivity index (χ4n) is 1.87. The van der Waals surface area contributed by atoms with Gasteiger partial charge in [0.25, 0.3) is 0 Å². The van der Waals surface area contributed by atoms with Crippen LogP contribution < -0.4 is 11.1 Å². The van der Waals surface area contributed by atoms with Crippen LogP contribution in [0.25, 0.3) is 0 Å². The summed E-state index contributed by atoms with van der Waals surface area (Å²) in [5.41, 5.74) is 4.50. The summed E-state index contributed by atoms with van der Waals surface area (Å²) in [4.78, 5) is 14.3. The Morgan fingerprint density at radius 1 is 1.32 bits per heavy atom. The third kappa shape index (κ3) is 5.06. The number of amidine groups is 1. The van der Waals surface area contributed by atoms with Gasteiger partial charge in [0.15, 0.2) is 5.84 Å². The molecule has 6 nitrogen and oxygen atoms in total. The van der Waals surface area contributed by atoms with Gasteiger partial charge in [-0.25, -0.2) is 0 Å². The van der Waals surface area contributed by atoms with Crippen LogP contribution in [0.15, 0.2) is 5.16 Å². The highest BCUT2D eigenvalue weighted by molar-refractivity contribution is 6.05. The van der Waals surface area contributed by atoms with E-state index >= 15 is 0 Å². The number of amides is 1. The monoisotopic (exact) mass is 272 g/mol. The smallest absolute Gasteiger partial charge is 0.233 e. The predicted molar refractivity (Wildman–Crippen MR) is 77.2 cm³/mol. The number of hydrogen-bond acceptors (Lipinski definition) is 4. The van der Waals surface area contributed by atoms with Gasteiger partial charge in [-0.05, 0) is 41.5 Å². The molecule has 0 aliphatic heterocycles. The maximum atomic E-state index is 12.0. The SMILES string of the molecule is CC(C)N(CCNC(=O)C(C)(C)C(N)=NO)C(C)C. The Morgan fingerprint density at radius 3 is 2.16 bits per heavy atom. The van der Waals surface area contributed by atoms with Gasteiger partial charge in [-0.2, -0.15) is 0 Å². The van der Waals surface area contributed by atoms with Crippen LogP contribution >= 0.6 is 0 Å². The minimum atomic E-state index is -1.00. The highest BCUT2D eigenvalue weighted by Crippen LogP contribution is 2.15. The lowest BCUT2D eigenvalue weighted by Crippen LogP contribution is -2.49. The second kappa shape index (κ2) is 7.33. The van der Waals surface area contributed by atoms with Crippen molar-refractivity contribution in [3.8, 4) is 0 Å². The highest BCUT2D eigenvalue weighted by atomic mass is 16.4. The molecular formula is C13H28N4O2. The molecule has 0 atom stereocenters. The maximum absolute atomic E-state index is 12.0. The molecule has 0 aromatic heterocycles. The molecule has 0 bridgehead atoms. The molecule has 0 fully saturated rings. The van der Waals surface area contributed by atoms with E-state index < -0.39 is 5.41 Å². The molecule has 19 heavy (non-hydrogen) atoms. The minimum absolute atomic E-state index is 0.0884. The van der Waals surface area contributed by atoms with Crippen molar-refractivity contribution in [3.05, 3.63) is 0 Å². The lowest BCUT2D eigenvalue weighted by Gasteiger charge is -2.31. The van der Waals surface area contributed by atoms with Crippen molar-refractivity contribution in [1.29, 1.82) is 0 Å². The Kier molecular flexibility index (Phi) is 6.83. The number of oxime groups is 1. The van der Waals surface area contributed by atoms with E-state index in [2.05, 4.69) is 43.1 Å². The van der Waals surface area contributed by atoms with Gasteiger partial charge < -0.3 is 16.3 Å². The number of rotatable bonds is 7. The molecule has 0 saturated heterocycles. The summed E-state index contributed by atoms with van der Waals surface area (Å²) < 4.78 is 0. The van der Waals surface area contributed by atoms with Gasteiger partial charge >= 0.3 is 0 Å². The second-order valence-corrected chi connectivity index (χ2v) is 5.79. The fraction of sp³-hybridized carbons (Fsp3) is 0.846. The van der Waals surface area contributed by atoms with E-state index in [4.69, 9.17) is 10.9 Å². The first-order chi connectivity index (χ1) is 8.64. The van der Waals surface area contributed by atoms with Crippen molar-refractivity contribution in [3.63, 3.8) is 0 Å². The Balaban J connectivity index is 4.39. The van der Waals surface area contributed by atoms with Crippen LogP contribution in [-0.2, 0) is 4.79 Å². The zero-order valence-corrected chi connectivity index (χ0v) is 12.9. The molecule has 0 aliphatic rings. The summed E-state index contributed by atoms with van der Waals surface area (Å²) >= 11 is 0. The van der Waals surface area contributed by atoms with Gasteiger partial charge in [0.1, 0.15) is 5.41 Å². The molecule has 0 rings (SSSR count). The first kappa shape index (κ1) is 17.7. The standard InChI is InChI=1S/C13H28N4O2/c1-9(2)17(10(3)4)8-7-15-12(18)13(5,6)11(14)16-19/h9-10,19H,7-8H2,1-6H3,(H2,14,16)(H,15,18). The molecule has 0 spiro atoms. The molecule has 112 valence electrons. The molecular weight excluding hydrogens is 244 g/mol. The van der Waals surface area contributed by atoms with Crippen LogP contribution in [0.2, 0.25) is 0 Å². The first-order valence-corrected chi connectivity index (χ1v) is 6.66. The average Bonchev–Trinajstić information content (AvgIpc) is 2.31. The quantitative estimate of drug-likeness (QED) is 0.279. The Hall–Kier alpha value is -1.30. The van der Waals surface area contributed by atoms with Gasteiger partial charge in [0.2, 0.25) is 5.91 Å². The summed E-state index contributed by atoms with van der Waals surface area (Å²) in [5.74, 6) is -0.329. The van der Waals surface area contributed by atoms with E-state index in [0.29, 0.717) is 18.6 Å². The van der Waals surface area contributed by atoms with Gasteiger partial charge in [0, 0.05) is 25.2 Å². The van der Waals surface area contributed by atoms with Crippen LogP contribution in [0.4, 0.5) is 0 Å². The van der Waals surface area contributed by atoms with E-state index in [1.54, 1.807) is 13.8 Å². The summed E-state index contributed by atoms with van der Waals surface area (Å²) in [5, 5.41) is 14.4. The van der Waals surface area contributed by atoms with Crippen LogP contribution in [0.3, 0.4) is 0 Å². The van der Waals surface area contributed by atoms with Gasteiger partial charge in [-0.1, -0.05) is 5.16 Å². The molecule has 0 radical (unpaired) electrons. The maximum Gasteiger partial charge on any atom is 0.233 e. The van der Waals surface area contributed by atoms with Crippen LogP contribution in [0, 0.1) is 5.41 Å². The van der Waals surface area contributed by atoms with E-state index in [1.165, 1.54) is 0 Å². The topological polar surface area (TPSA) is 91.0 Å².